The molecule has 3 aliphatic rings. The summed E-state index contributed by atoms with van der Waals surface area (Å²) < 4.78 is 10.3. The lowest BCUT2D eigenvalue weighted by atomic mass is 9.87. The molecule has 3 saturated heterocycles. The number of carbonyl (C=O) groups excluding carboxylic acids is 4. The third-order valence-electron chi connectivity index (χ3n) is 5.58. The quantitative estimate of drug-likeness (QED) is 0.551. The number of rotatable bonds is 4. The number of fused-ring (bicyclic) bond motifs is 3. The molecule has 1 aromatic carbocycles. The molecule has 9 heteroatoms. The fourth-order valence-electron chi connectivity index (χ4n) is 4.48. The van der Waals surface area contributed by atoms with Crippen molar-refractivity contribution in [2.24, 2.45) is 11.8 Å². The van der Waals surface area contributed by atoms with Crippen LogP contribution in [0.3, 0.4) is 0 Å². The molecule has 3 heterocycles. The fraction of sp³-hybridized carbons (Fsp3) is 0.474. The highest BCUT2D eigenvalue weighted by atomic mass is 16.5. The van der Waals surface area contributed by atoms with Gasteiger partial charge in [0.05, 0.1) is 31.2 Å². The molecule has 28 heavy (non-hydrogen) atoms. The number of carbonyl (C=O) groups is 4. The normalized spacial score (nSPS) is 29.4. The first kappa shape index (κ1) is 18.4. The highest BCUT2D eigenvalue weighted by Gasteiger charge is 2.66. The van der Waals surface area contributed by atoms with Crippen molar-refractivity contribution < 1.29 is 28.7 Å². The molecule has 1 aromatic rings. The van der Waals surface area contributed by atoms with Gasteiger partial charge in [-0.15, -0.1) is 0 Å². The second kappa shape index (κ2) is 6.90. The Morgan fingerprint density at radius 3 is 2.50 bits per heavy atom. The summed E-state index contributed by atoms with van der Waals surface area (Å²) in [6.07, 6.45) is 0. The van der Waals surface area contributed by atoms with Crippen molar-refractivity contribution in [3.8, 4) is 5.75 Å². The van der Waals surface area contributed by atoms with Crippen molar-refractivity contribution in [1.82, 2.24) is 10.2 Å². The number of esters is 1. The van der Waals surface area contributed by atoms with E-state index in [-0.39, 0.29) is 5.91 Å². The average Bonchev–Trinajstić information content (AvgIpc) is 3.17. The minimum atomic E-state index is -1.01. The number of nitrogens with one attached hydrogen (secondary N) is 1. The Kier molecular flexibility index (Phi) is 4.54. The Morgan fingerprint density at radius 2 is 1.86 bits per heavy atom. The highest BCUT2D eigenvalue weighted by Crippen LogP contribution is 2.44. The Hall–Kier alpha value is -2.94. The second-order valence-electron chi connectivity index (χ2n) is 6.93. The predicted molar refractivity (Wildman–Crippen MR) is 96.4 cm³/mol. The number of methoxy groups -OCH3 is 1. The number of anilines is 1. The summed E-state index contributed by atoms with van der Waals surface area (Å²) in [5, 5.41) is 2.70. The number of nitrogens with zero attached hydrogens (tertiary/aromatic N) is 2. The molecule has 0 saturated carbocycles. The van der Waals surface area contributed by atoms with Crippen LogP contribution in [0.25, 0.3) is 0 Å². The molecule has 3 fully saturated rings. The van der Waals surface area contributed by atoms with E-state index in [0.717, 1.165) is 4.90 Å². The topological polar surface area (TPSA) is 105 Å². The minimum absolute atomic E-state index is 0.357. The van der Waals surface area contributed by atoms with Gasteiger partial charge >= 0.3 is 5.97 Å². The number of imide groups is 1. The Labute approximate surface area is 161 Å². The van der Waals surface area contributed by atoms with Crippen molar-refractivity contribution in [2.45, 2.75) is 19.0 Å². The van der Waals surface area contributed by atoms with Crippen LogP contribution in [0.4, 0.5) is 5.69 Å². The van der Waals surface area contributed by atoms with Crippen LogP contribution in [0, 0.1) is 11.8 Å². The summed E-state index contributed by atoms with van der Waals surface area (Å²) in [7, 11) is 1.21. The van der Waals surface area contributed by atoms with Crippen LogP contribution in [0.15, 0.2) is 24.3 Å². The van der Waals surface area contributed by atoms with Crippen LogP contribution in [-0.2, 0) is 23.9 Å². The minimum Gasteiger partial charge on any atom is -0.494 e. The van der Waals surface area contributed by atoms with E-state index in [9.17, 15) is 19.2 Å². The van der Waals surface area contributed by atoms with Crippen molar-refractivity contribution >= 4 is 29.4 Å². The van der Waals surface area contributed by atoms with Gasteiger partial charge in [-0.3, -0.25) is 24.1 Å². The Bertz CT molecular complexity index is 839. The highest BCUT2D eigenvalue weighted by molar-refractivity contribution is 6.25. The van der Waals surface area contributed by atoms with Gasteiger partial charge in [-0.1, -0.05) is 0 Å². The summed E-state index contributed by atoms with van der Waals surface area (Å²) in [4.78, 5) is 54.0. The van der Waals surface area contributed by atoms with Crippen LogP contribution in [0.1, 0.15) is 6.92 Å². The van der Waals surface area contributed by atoms with Crippen molar-refractivity contribution in [3.63, 3.8) is 0 Å². The summed E-state index contributed by atoms with van der Waals surface area (Å²) in [6.45, 7) is 3.11. The van der Waals surface area contributed by atoms with Crippen LogP contribution >= 0.6 is 0 Å². The number of amides is 3. The molecule has 0 radical (unpaired) electrons. The van der Waals surface area contributed by atoms with E-state index in [1.54, 1.807) is 29.2 Å². The van der Waals surface area contributed by atoms with Crippen LogP contribution in [0.5, 0.6) is 5.75 Å². The number of piperazine rings is 1. The second-order valence-corrected chi connectivity index (χ2v) is 6.93. The fourth-order valence-corrected chi connectivity index (χ4v) is 4.48. The SMILES string of the molecule is CCOc1ccc(N2C(=O)[C@@H]3[C@H](C(=O)OC)[C@H]4C(=O)NCCN4[C@H]3C2=O)cc1. The maximum atomic E-state index is 13.2. The molecule has 0 spiro atoms. The van der Waals surface area contributed by atoms with Gasteiger partial charge in [-0.25, -0.2) is 4.90 Å². The third-order valence-corrected chi connectivity index (χ3v) is 5.58. The molecule has 0 aromatic heterocycles. The molecule has 3 amide bonds. The summed E-state index contributed by atoms with van der Waals surface area (Å²) in [5.41, 5.74) is 0.412. The van der Waals surface area contributed by atoms with Gasteiger partial charge in [0, 0.05) is 13.1 Å². The van der Waals surface area contributed by atoms with E-state index in [4.69, 9.17) is 9.47 Å². The summed E-state index contributed by atoms with van der Waals surface area (Å²) >= 11 is 0. The lowest BCUT2D eigenvalue weighted by molar-refractivity contribution is -0.152. The molecule has 148 valence electrons. The van der Waals surface area contributed by atoms with E-state index in [0.29, 0.717) is 31.1 Å². The lowest BCUT2D eigenvalue weighted by Gasteiger charge is -2.34. The zero-order valence-corrected chi connectivity index (χ0v) is 15.6. The summed E-state index contributed by atoms with van der Waals surface area (Å²) in [5.74, 6) is -3.26. The largest absolute Gasteiger partial charge is 0.494 e. The van der Waals surface area contributed by atoms with E-state index in [1.165, 1.54) is 7.11 Å². The van der Waals surface area contributed by atoms with Gasteiger partial charge in [-0.2, -0.15) is 0 Å². The van der Waals surface area contributed by atoms with Gasteiger partial charge < -0.3 is 14.8 Å². The van der Waals surface area contributed by atoms with Crippen LogP contribution in [-0.4, -0.2) is 67.5 Å². The van der Waals surface area contributed by atoms with E-state index < -0.39 is 41.7 Å². The smallest absolute Gasteiger partial charge is 0.311 e. The van der Waals surface area contributed by atoms with E-state index >= 15 is 0 Å². The molecule has 9 nitrogen and oxygen atoms in total. The van der Waals surface area contributed by atoms with Gasteiger partial charge in [0.25, 0.3) is 5.91 Å². The van der Waals surface area contributed by atoms with Gasteiger partial charge in [0.15, 0.2) is 0 Å². The molecule has 4 atom stereocenters. The zero-order valence-electron chi connectivity index (χ0n) is 15.6. The first-order valence-corrected chi connectivity index (χ1v) is 9.21. The molecular formula is C19H21N3O6. The molecular weight excluding hydrogens is 366 g/mol. The first-order chi connectivity index (χ1) is 13.5. The predicted octanol–water partition coefficient (Wildman–Crippen LogP) is -0.453. The van der Waals surface area contributed by atoms with Crippen LogP contribution < -0.4 is 15.0 Å². The number of benzene rings is 1. The molecule has 0 unspecified atom stereocenters. The Balaban J connectivity index is 1.71. The molecule has 0 bridgehead atoms. The maximum absolute atomic E-state index is 13.2. The lowest BCUT2D eigenvalue weighted by Crippen LogP contribution is -2.58. The average molecular weight is 387 g/mol. The molecule has 4 rings (SSSR count). The summed E-state index contributed by atoms with van der Waals surface area (Å²) in [6, 6.07) is 4.92. The van der Waals surface area contributed by atoms with E-state index in [1.807, 2.05) is 6.92 Å². The number of hydrogen-bond acceptors (Lipinski definition) is 7. The molecule has 0 aliphatic carbocycles. The van der Waals surface area contributed by atoms with Gasteiger partial charge in [-0.05, 0) is 31.2 Å². The van der Waals surface area contributed by atoms with Crippen molar-refractivity contribution in [3.05, 3.63) is 24.3 Å². The zero-order chi connectivity index (χ0) is 20.0. The number of ether oxygens (including phenoxy) is 2. The van der Waals surface area contributed by atoms with E-state index in [2.05, 4.69) is 5.32 Å². The standard InChI is InChI=1S/C19H21N3O6/c1-3-28-11-6-4-10(5-7-11)22-17(24)12-13(19(26)27-2)14-16(23)20-8-9-21(14)15(12)18(22)25/h4-7,12-15H,3,8-9H2,1-2H3,(H,20,23)/t12-,13+,14+,15-/m1/s1. The maximum Gasteiger partial charge on any atom is 0.311 e. The van der Waals surface area contributed by atoms with Gasteiger partial charge in [0.2, 0.25) is 11.8 Å². The monoisotopic (exact) mass is 387 g/mol. The molecule has 1 N–H and O–H groups in total. The van der Waals surface area contributed by atoms with Gasteiger partial charge in [0.1, 0.15) is 17.8 Å². The Morgan fingerprint density at radius 1 is 1.14 bits per heavy atom. The van der Waals surface area contributed by atoms with Crippen molar-refractivity contribution in [1.29, 1.82) is 0 Å². The van der Waals surface area contributed by atoms with Crippen LogP contribution in [0.2, 0.25) is 0 Å². The molecule has 3 aliphatic heterocycles. The number of hydrogen-bond donors (Lipinski definition) is 1. The first-order valence-electron chi connectivity index (χ1n) is 9.21. The third kappa shape index (κ3) is 2.57. The van der Waals surface area contributed by atoms with Crippen molar-refractivity contribution in [2.75, 3.05) is 31.7 Å².